The number of rotatable bonds is 5. The molecule has 0 N–H and O–H groups in total. The molecule has 0 spiro atoms. The minimum atomic E-state index is -0.0618. The number of hydrogen-bond acceptors (Lipinski definition) is 3. The fourth-order valence-corrected chi connectivity index (χ4v) is 2.74. The summed E-state index contributed by atoms with van der Waals surface area (Å²) in [5.41, 5.74) is 1.45. The van der Waals surface area contributed by atoms with Crippen LogP contribution in [0.1, 0.15) is 26.7 Å². The predicted octanol–water partition coefficient (Wildman–Crippen LogP) is 2.98. The van der Waals surface area contributed by atoms with E-state index >= 15 is 0 Å². The second-order valence-electron chi connectivity index (χ2n) is 5.36. The molecule has 1 aliphatic heterocycles. The maximum absolute atomic E-state index is 5.95. The van der Waals surface area contributed by atoms with E-state index in [1.807, 2.05) is 0 Å². The fourth-order valence-electron chi connectivity index (χ4n) is 2.63. The molecular formula is C14H23ClO3. The van der Waals surface area contributed by atoms with E-state index in [9.17, 15) is 0 Å². The van der Waals surface area contributed by atoms with Crippen LogP contribution in [0.25, 0.3) is 0 Å². The Bertz CT molecular complexity index is 293. The number of halogens is 1. The van der Waals surface area contributed by atoms with E-state index < -0.39 is 0 Å². The first-order valence-electron chi connectivity index (χ1n) is 6.77. The third-order valence-electron chi connectivity index (χ3n) is 3.77. The lowest BCUT2D eigenvalue weighted by atomic mass is 9.81. The van der Waals surface area contributed by atoms with Crippen molar-refractivity contribution in [3.8, 4) is 0 Å². The van der Waals surface area contributed by atoms with Crippen molar-refractivity contribution in [1.29, 1.82) is 0 Å². The number of allylic oxidation sites excluding steroid dienone is 2. The maximum atomic E-state index is 5.95. The van der Waals surface area contributed by atoms with Crippen LogP contribution in [0.15, 0.2) is 11.6 Å². The van der Waals surface area contributed by atoms with Crippen molar-refractivity contribution in [2.75, 3.05) is 25.7 Å². The Hall–Kier alpha value is -0.0900. The van der Waals surface area contributed by atoms with Gasteiger partial charge in [-0.2, -0.15) is 0 Å². The van der Waals surface area contributed by atoms with Gasteiger partial charge in [0, 0.05) is 11.8 Å². The minimum Gasteiger partial charge on any atom is -0.377 e. The molecule has 0 radical (unpaired) electrons. The molecule has 0 aromatic carbocycles. The van der Waals surface area contributed by atoms with Crippen molar-refractivity contribution < 1.29 is 14.2 Å². The van der Waals surface area contributed by atoms with Gasteiger partial charge in [0.05, 0.1) is 19.8 Å². The first kappa shape index (κ1) is 14.3. The lowest BCUT2D eigenvalue weighted by Gasteiger charge is -2.31. The molecule has 0 bridgehead atoms. The van der Waals surface area contributed by atoms with Crippen LogP contribution in [0.5, 0.6) is 0 Å². The van der Waals surface area contributed by atoms with Gasteiger partial charge in [0.1, 0.15) is 6.10 Å². The SMILES string of the molecule is CC1=CCC(C)C(C2OCC(COCCCl)O2)C1. The summed E-state index contributed by atoms with van der Waals surface area (Å²) in [6.07, 6.45) is 4.55. The standard InChI is InChI=1S/C14H23ClO3/c1-10-3-4-11(2)13(7-10)14-17-9-12(18-14)8-16-6-5-15/h3,11-14H,4-9H2,1-2H3. The van der Waals surface area contributed by atoms with Crippen LogP contribution in [0.2, 0.25) is 0 Å². The van der Waals surface area contributed by atoms with Crippen LogP contribution >= 0.6 is 11.6 Å². The quantitative estimate of drug-likeness (QED) is 0.438. The average Bonchev–Trinajstić information content (AvgIpc) is 2.81. The molecule has 0 amide bonds. The van der Waals surface area contributed by atoms with Crippen molar-refractivity contribution in [2.24, 2.45) is 11.8 Å². The van der Waals surface area contributed by atoms with Gasteiger partial charge in [0.15, 0.2) is 6.29 Å². The van der Waals surface area contributed by atoms with Crippen molar-refractivity contribution in [2.45, 2.75) is 39.1 Å². The smallest absolute Gasteiger partial charge is 0.161 e. The first-order valence-corrected chi connectivity index (χ1v) is 7.30. The molecule has 1 heterocycles. The van der Waals surface area contributed by atoms with E-state index in [1.54, 1.807) is 0 Å². The summed E-state index contributed by atoms with van der Waals surface area (Å²) in [5, 5.41) is 0. The van der Waals surface area contributed by atoms with Gasteiger partial charge >= 0.3 is 0 Å². The molecule has 4 unspecified atom stereocenters. The highest BCUT2D eigenvalue weighted by molar-refractivity contribution is 6.17. The first-order chi connectivity index (χ1) is 8.70. The van der Waals surface area contributed by atoms with E-state index in [2.05, 4.69) is 19.9 Å². The topological polar surface area (TPSA) is 27.7 Å². The van der Waals surface area contributed by atoms with E-state index in [0.717, 1.165) is 12.8 Å². The molecule has 0 aromatic heterocycles. The molecule has 1 fully saturated rings. The van der Waals surface area contributed by atoms with E-state index in [4.69, 9.17) is 25.8 Å². The third kappa shape index (κ3) is 3.70. The monoisotopic (exact) mass is 274 g/mol. The van der Waals surface area contributed by atoms with Gasteiger partial charge in [-0.05, 0) is 25.7 Å². The molecule has 1 aliphatic carbocycles. The molecule has 1 saturated heterocycles. The van der Waals surface area contributed by atoms with Gasteiger partial charge in [-0.1, -0.05) is 18.6 Å². The van der Waals surface area contributed by atoms with Crippen LogP contribution in [-0.2, 0) is 14.2 Å². The van der Waals surface area contributed by atoms with Gasteiger partial charge in [-0.25, -0.2) is 0 Å². The Morgan fingerprint density at radius 3 is 3.11 bits per heavy atom. The summed E-state index contributed by atoms with van der Waals surface area (Å²) in [7, 11) is 0. The molecular weight excluding hydrogens is 252 g/mol. The summed E-state index contributed by atoms with van der Waals surface area (Å²) in [5.74, 6) is 1.63. The predicted molar refractivity (Wildman–Crippen MR) is 71.8 cm³/mol. The lowest BCUT2D eigenvalue weighted by Crippen LogP contribution is -2.30. The van der Waals surface area contributed by atoms with Crippen molar-refractivity contribution in [3.63, 3.8) is 0 Å². The Balaban J connectivity index is 1.79. The maximum Gasteiger partial charge on any atom is 0.161 e. The van der Waals surface area contributed by atoms with Crippen LogP contribution < -0.4 is 0 Å². The summed E-state index contributed by atoms with van der Waals surface area (Å²) >= 11 is 5.57. The van der Waals surface area contributed by atoms with E-state index in [-0.39, 0.29) is 12.4 Å². The van der Waals surface area contributed by atoms with Crippen molar-refractivity contribution >= 4 is 11.6 Å². The fraction of sp³-hybridized carbons (Fsp3) is 0.857. The Kier molecular flexibility index (Phi) is 5.49. The summed E-state index contributed by atoms with van der Waals surface area (Å²) in [6, 6.07) is 0. The summed E-state index contributed by atoms with van der Waals surface area (Å²) in [4.78, 5) is 0. The van der Waals surface area contributed by atoms with Crippen LogP contribution in [0.4, 0.5) is 0 Å². The van der Waals surface area contributed by atoms with Crippen LogP contribution in [0.3, 0.4) is 0 Å². The summed E-state index contributed by atoms with van der Waals surface area (Å²) < 4.78 is 17.1. The number of alkyl halides is 1. The second-order valence-corrected chi connectivity index (χ2v) is 5.73. The highest BCUT2D eigenvalue weighted by Crippen LogP contribution is 2.35. The van der Waals surface area contributed by atoms with Gasteiger partial charge in [-0.3, -0.25) is 0 Å². The van der Waals surface area contributed by atoms with Crippen molar-refractivity contribution in [1.82, 2.24) is 0 Å². The second kappa shape index (κ2) is 6.90. The average molecular weight is 275 g/mol. The molecule has 0 saturated carbocycles. The summed E-state index contributed by atoms with van der Waals surface area (Å²) in [6.45, 7) is 6.26. The van der Waals surface area contributed by atoms with E-state index in [0.29, 0.717) is 37.5 Å². The molecule has 104 valence electrons. The highest BCUT2D eigenvalue weighted by Gasteiger charge is 2.36. The Labute approximate surface area is 114 Å². The largest absolute Gasteiger partial charge is 0.377 e. The van der Waals surface area contributed by atoms with Gasteiger partial charge in [-0.15, -0.1) is 11.6 Å². The van der Waals surface area contributed by atoms with Crippen molar-refractivity contribution in [3.05, 3.63) is 11.6 Å². The van der Waals surface area contributed by atoms with Crippen LogP contribution in [-0.4, -0.2) is 38.1 Å². The molecule has 4 heteroatoms. The third-order valence-corrected chi connectivity index (χ3v) is 3.93. The molecule has 0 aromatic rings. The van der Waals surface area contributed by atoms with Gasteiger partial charge < -0.3 is 14.2 Å². The lowest BCUT2D eigenvalue weighted by molar-refractivity contribution is -0.118. The molecule has 2 aliphatic rings. The zero-order valence-electron chi connectivity index (χ0n) is 11.2. The zero-order chi connectivity index (χ0) is 13.0. The number of hydrogen-bond donors (Lipinski definition) is 0. The Morgan fingerprint density at radius 2 is 2.33 bits per heavy atom. The normalized spacial score (nSPS) is 36.7. The molecule has 4 atom stereocenters. The zero-order valence-corrected chi connectivity index (χ0v) is 12.0. The van der Waals surface area contributed by atoms with Crippen LogP contribution in [0, 0.1) is 11.8 Å². The highest BCUT2D eigenvalue weighted by atomic mass is 35.5. The number of ether oxygens (including phenoxy) is 3. The molecule has 3 nitrogen and oxygen atoms in total. The molecule has 18 heavy (non-hydrogen) atoms. The Morgan fingerprint density at radius 1 is 1.50 bits per heavy atom. The minimum absolute atomic E-state index is 0.0618. The van der Waals surface area contributed by atoms with Gasteiger partial charge in [0.2, 0.25) is 0 Å². The van der Waals surface area contributed by atoms with E-state index in [1.165, 1.54) is 5.57 Å². The van der Waals surface area contributed by atoms with Gasteiger partial charge in [0.25, 0.3) is 0 Å². The molecule has 2 rings (SSSR count).